The highest BCUT2D eigenvalue weighted by molar-refractivity contribution is 8.00. The maximum absolute atomic E-state index is 11.9. The third-order valence-corrected chi connectivity index (χ3v) is 4.50. The molecule has 122 valence electrons. The van der Waals surface area contributed by atoms with E-state index >= 15 is 0 Å². The fraction of sp³-hybridized carbons (Fsp3) is 0.833. The van der Waals surface area contributed by atoms with E-state index < -0.39 is 22.9 Å². The van der Waals surface area contributed by atoms with E-state index in [0.29, 0.717) is 13.0 Å². The van der Waals surface area contributed by atoms with Crippen molar-refractivity contribution in [2.24, 2.45) is 11.3 Å². The van der Waals surface area contributed by atoms with E-state index in [-0.39, 0.29) is 36.5 Å². The molecule has 1 saturated heterocycles. The van der Waals surface area contributed by atoms with Gasteiger partial charge < -0.3 is 15.3 Å². The molecule has 21 heavy (non-hydrogen) atoms. The number of nitrogens with one attached hydrogen (secondary N) is 1. The Labute approximate surface area is 125 Å². The number of amides is 2. The number of alkyl halides is 3. The molecule has 9 heteroatoms. The first-order valence-corrected chi connectivity index (χ1v) is 7.54. The molecular formula is C12H19F3N2O3S. The van der Waals surface area contributed by atoms with Crippen LogP contribution in [0, 0.1) is 11.3 Å². The zero-order chi connectivity index (χ0) is 16.3. The lowest BCUT2D eigenvalue weighted by Gasteiger charge is -2.28. The molecule has 2 amide bonds. The van der Waals surface area contributed by atoms with Crippen molar-refractivity contribution in [1.82, 2.24) is 10.2 Å². The average Bonchev–Trinajstić information content (AvgIpc) is 2.79. The van der Waals surface area contributed by atoms with Crippen molar-refractivity contribution in [1.29, 1.82) is 0 Å². The number of urea groups is 1. The van der Waals surface area contributed by atoms with Gasteiger partial charge in [-0.25, -0.2) is 4.79 Å². The minimum Gasteiger partial charge on any atom is -0.481 e. The maximum atomic E-state index is 11.9. The van der Waals surface area contributed by atoms with E-state index in [9.17, 15) is 27.9 Å². The van der Waals surface area contributed by atoms with E-state index in [1.165, 1.54) is 4.90 Å². The number of carboxylic acid groups (broad SMARTS) is 1. The summed E-state index contributed by atoms with van der Waals surface area (Å²) < 4.78 is 35.8. The fourth-order valence-electron chi connectivity index (χ4n) is 2.34. The second-order valence-corrected chi connectivity index (χ2v) is 6.47. The zero-order valence-corrected chi connectivity index (χ0v) is 12.7. The second-order valence-electron chi connectivity index (χ2n) is 5.31. The molecule has 0 saturated carbocycles. The lowest BCUT2D eigenvalue weighted by atomic mass is 9.76. The van der Waals surface area contributed by atoms with Crippen molar-refractivity contribution in [3.63, 3.8) is 0 Å². The summed E-state index contributed by atoms with van der Waals surface area (Å²) in [4.78, 5) is 24.6. The molecule has 1 fully saturated rings. The van der Waals surface area contributed by atoms with Crippen LogP contribution in [0.2, 0.25) is 0 Å². The highest BCUT2D eigenvalue weighted by atomic mass is 32.2. The number of likely N-dealkylation sites (tertiary alicyclic amines) is 1. The minimum atomic E-state index is -4.31. The molecular weight excluding hydrogens is 309 g/mol. The Bertz CT molecular complexity index is 404. The van der Waals surface area contributed by atoms with E-state index in [1.807, 2.05) is 0 Å². The topological polar surface area (TPSA) is 69.6 Å². The Kier molecular flexibility index (Phi) is 5.77. The number of carbonyl (C=O) groups is 2. The number of rotatable bonds is 5. The summed E-state index contributed by atoms with van der Waals surface area (Å²) in [6.07, 6.45) is 0.352. The summed E-state index contributed by atoms with van der Waals surface area (Å²) in [6, 6.07) is -0.512. The van der Waals surface area contributed by atoms with Crippen LogP contribution in [0.25, 0.3) is 0 Å². The Balaban J connectivity index is 2.46. The molecule has 1 rings (SSSR count). The van der Waals surface area contributed by atoms with Crippen molar-refractivity contribution in [3.8, 4) is 0 Å². The van der Waals surface area contributed by atoms with Crippen molar-refractivity contribution in [2.45, 2.75) is 25.8 Å². The first-order chi connectivity index (χ1) is 9.58. The molecule has 0 aromatic rings. The summed E-state index contributed by atoms with van der Waals surface area (Å²) in [5.74, 6) is -1.34. The molecule has 0 aromatic heterocycles. The van der Waals surface area contributed by atoms with E-state index in [0.717, 1.165) is 0 Å². The van der Waals surface area contributed by atoms with Crippen LogP contribution in [0.3, 0.4) is 0 Å². The number of aliphatic carboxylic acids is 1. The predicted molar refractivity (Wildman–Crippen MR) is 73.0 cm³/mol. The Morgan fingerprint density at radius 1 is 1.43 bits per heavy atom. The number of nitrogens with zero attached hydrogens (tertiary/aromatic N) is 1. The van der Waals surface area contributed by atoms with Gasteiger partial charge in [0.25, 0.3) is 0 Å². The summed E-state index contributed by atoms with van der Waals surface area (Å²) in [5.41, 5.74) is -5.29. The predicted octanol–water partition coefficient (Wildman–Crippen LogP) is 2.38. The lowest BCUT2D eigenvalue weighted by molar-refractivity contribution is -0.150. The van der Waals surface area contributed by atoms with Gasteiger partial charge in [0.2, 0.25) is 0 Å². The lowest BCUT2D eigenvalue weighted by Crippen LogP contribution is -2.44. The maximum Gasteiger partial charge on any atom is 0.441 e. The Morgan fingerprint density at radius 3 is 2.48 bits per heavy atom. The second kappa shape index (κ2) is 6.76. The number of hydrogen-bond acceptors (Lipinski definition) is 3. The Morgan fingerprint density at radius 2 is 2.05 bits per heavy atom. The van der Waals surface area contributed by atoms with E-state index in [2.05, 4.69) is 5.32 Å². The molecule has 1 atom stereocenters. The molecule has 0 aliphatic carbocycles. The monoisotopic (exact) mass is 328 g/mol. The van der Waals surface area contributed by atoms with Crippen LogP contribution in [0.5, 0.6) is 0 Å². The SMILES string of the molecule is CC(C)C1(C(=O)O)CCN(C(=O)NCCSC(F)(F)F)C1. The van der Waals surface area contributed by atoms with Crippen molar-refractivity contribution in [3.05, 3.63) is 0 Å². The molecule has 0 aromatic carbocycles. The van der Waals surface area contributed by atoms with Crippen LogP contribution in [-0.2, 0) is 4.79 Å². The Hall–Kier alpha value is -1.12. The first kappa shape index (κ1) is 17.9. The van der Waals surface area contributed by atoms with Gasteiger partial charge in [0.1, 0.15) is 0 Å². The fourth-order valence-corrected chi connectivity index (χ4v) is 2.77. The summed E-state index contributed by atoms with van der Waals surface area (Å²) in [6.45, 7) is 3.84. The molecule has 2 N–H and O–H groups in total. The molecule has 0 bridgehead atoms. The third kappa shape index (κ3) is 4.69. The van der Waals surface area contributed by atoms with Gasteiger partial charge >= 0.3 is 17.5 Å². The molecule has 1 heterocycles. The molecule has 0 spiro atoms. The van der Waals surface area contributed by atoms with Gasteiger partial charge in [-0.15, -0.1) is 0 Å². The molecule has 1 unspecified atom stereocenters. The number of carboxylic acids is 1. The van der Waals surface area contributed by atoms with Crippen LogP contribution in [0.4, 0.5) is 18.0 Å². The van der Waals surface area contributed by atoms with Crippen molar-refractivity contribution >= 4 is 23.8 Å². The van der Waals surface area contributed by atoms with Crippen LogP contribution in [0.1, 0.15) is 20.3 Å². The average molecular weight is 328 g/mol. The number of halogens is 3. The summed E-state index contributed by atoms with van der Waals surface area (Å²) in [5, 5.41) is 11.7. The van der Waals surface area contributed by atoms with Gasteiger partial charge in [-0.3, -0.25) is 4.79 Å². The van der Waals surface area contributed by atoms with Gasteiger partial charge in [-0.2, -0.15) is 13.2 Å². The quantitative estimate of drug-likeness (QED) is 0.760. The van der Waals surface area contributed by atoms with Gasteiger partial charge in [-0.1, -0.05) is 13.8 Å². The zero-order valence-electron chi connectivity index (χ0n) is 11.9. The van der Waals surface area contributed by atoms with Crippen LogP contribution in [0.15, 0.2) is 0 Å². The van der Waals surface area contributed by atoms with Gasteiger partial charge in [-0.05, 0) is 24.1 Å². The van der Waals surface area contributed by atoms with E-state index in [1.54, 1.807) is 13.8 Å². The van der Waals surface area contributed by atoms with Crippen LogP contribution >= 0.6 is 11.8 Å². The van der Waals surface area contributed by atoms with Crippen molar-refractivity contribution in [2.75, 3.05) is 25.4 Å². The number of carbonyl (C=O) groups excluding carboxylic acids is 1. The largest absolute Gasteiger partial charge is 0.481 e. The first-order valence-electron chi connectivity index (χ1n) is 6.55. The molecule has 1 aliphatic heterocycles. The summed E-state index contributed by atoms with van der Waals surface area (Å²) in [7, 11) is 0. The normalized spacial score (nSPS) is 22.7. The number of thioether (sulfide) groups is 1. The standard InChI is InChI=1S/C12H19F3N2O3S/c1-8(2)11(9(18)19)3-5-17(7-11)10(20)16-4-6-21-12(13,14)15/h8H,3-7H2,1-2H3,(H,16,20)(H,18,19). The molecule has 0 radical (unpaired) electrons. The van der Waals surface area contributed by atoms with Gasteiger partial charge in [0.05, 0.1) is 5.41 Å². The highest BCUT2D eigenvalue weighted by Gasteiger charge is 2.48. The van der Waals surface area contributed by atoms with Crippen LogP contribution in [-0.4, -0.2) is 52.9 Å². The summed E-state index contributed by atoms with van der Waals surface area (Å²) >= 11 is -0.200. The highest BCUT2D eigenvalue weighted by Crippen LogP contribution is 2.38. The molecule has 5 nitrogen and oxygen atoms in total. The minimum absolute atomic E-state index is 0.0816. The molecule has 1 aliphatic rings. The van der Waals surface area contributed by atoms with Gasteiger partial charge in [0.15, 0.2) is 0 Å². The van der Waals surface area contributed by atoms with Gasteiger partial charge in [0, 0.05) is 25.4 Å². The van der Waals surface area contributed by atoms with Crippen molar-refractivity contribution < 1.29 is 27.9 Å². The number of hydrogen-bond donors (Lipinski definition) is 2. The van der Waals surface area contributed by atoms with Crippen LogP contribution < -0.4 is 5.32 Å². The van der Waals surface area contributed by atoms with E-state index in [4.69, 9.17) is 0 Å². The smallest absolute Gasteiger partial charge is 0.441 e. The third-order valence-electron chi connectivity index (χ3n) is 3.76.